The van der Waals surface area contributed by atoms with Crippen LogP contribution in [0, 0.1) is 5.92 Å². The number of carbonyl (C=O) groups excluding carboxylic acids is 1. The summed E-state index contributed by atoms with van der Waals surface area (Å²) >= 11 is -0.238. The summed E-state index contributed by atoms with van der Waals surface area (Å²) in [5.74, 6) is -2.23. The van der Waals surface area contributed by atoms with Gasteiger partial charge in [0, 0.05) is 12.3 Å². The van der Waals surface area contributed by atoms with Gasteiger partial charge in [0.05, 0.1) is 19.3 Å². The number of alkyl halides is 3. The van der Waals surface area contributed by atoms with Crippen molar-refractivity contribution in [2.45, 2.75) is 11.6 Å². The van der Waals surface area contributed by atoms with E-state index in [-0.39, 0.29) is 37.3 Å². The Kier molecular flexibility index (Phi) is 5.73. The summed E-state index contributed by atoms with van der Waals surface area (Å²) in [7, 11) is 0. The number of aliphatic carboxylic acids is 1. The van der Waals surface area contributed by atoms with E-state index >= 15 is 0 Å². The van der Waals surface area contributed by atoms with Crippen molar-refractivity contribution in [2.75, 3.05) is 25.5 Å². The Bertz CT molecular complexity index is 340. The number of ether oxygens (including phenoxy) is 1. The summed E-state index contributed by atoms with van der Waals surface area (Å²) in [6.45, 7) is -0.0901. The van der Waals surface area contributed by atoms with Gasteiger partial charge >= 0.3 is 17.5 Å². The predicted octanol–water partition coefficient (Wildman–Crippen LogP) is 0.638. The highest BCUT2D eigenvalue weighted by Crippen LogP contribution is 2.29. The molecule has 0 aromatic rings. The van der Waals surface area contributed by atoms with Crippen molar-refractivity contribution in [2.24, 2.45) is 5.92 Å². The van der Waals surface area contributed by atoms with Crippen LogP contribution in [0.5, 0.6) is 0 Å². The van der Waals surface area contributed by atoms with Gasteiger partial charge in [-0.15, -0.1) is 0 Å². The Labute approximate surface area is 111 Å². The molecule has 0 spiro atoms. The molecule has 0 aromatic heterocycles. The Hall–Kier alpha value is -1.16. The van der Waals surface area contributed by atoms with Crippen molar-refractivity contribution in [3.05, 3.63) is 0 Å². The first-order valence-electron chi connectivity index (χ1n) is 5.35. The van der Waals surface area contributed by atoms with Gasteiger partial charge in [0.15, 0.2) is 0 Å². The Morgan fingerprint density at radius 3 is 2.63 bits per heavy atom. The Balaban J connectivity index is 2.22. The second-order valence-electron chi connectivity index (χ2n) is 3.78. The highest BCUT2D eigenvalue weighted by atomic mass is 32.2. The van der Waals surface area contributed by atoms with Crippen molar-refractivity contribution in [3.8, 4) is 0 Å². The van der Waals surface area contributed by atoms with Crippen LogP contribution in [-0.4, -0.2) is 54.2 Å². The van der Waals surface area contributed by atoms with E-state index < -0.39 is 29.5 Å². The SMILES string of the molecule is O=C(NCCSC(F)(F)F)NC1COCC1C(=O)O. The number of rotatable bonds is 5. The summed E-state index contributed by atoms with van der Waals surface area (Å²) in [4.78, 5) is 22.1. The summed E-state index contributed by atoms with van der Waals surface area (Å²) in [5, 5.41) is 13.4. The van der Waals surface area contributed by atoms with Crippen molar-refractivity contribution < 1.29 is 32.6 Å². The van der Waals surface area contributed by atoms with Crippen molar-refractivity contribution in [1.29, 1.82) is 0 Å². The van der Waals surface area contributed by atoms with E-state index in [9.17, 15) is 22.8 Å². The molecular weight excluding hydrogens is 289 g/mol. The van der Waals surface area contributed by atoms with Crippen LogP contribution in [0.1, 0.15) is 0 Å². The van der Waals surface area contributed by atoms with E-state index in [4.69, 9.17) is 9.84 Å². The van der Waals surface area contributed by atoms with E-state index in [1.165, 1.54) is 0 Å². The minimum absolute atomic E-state index is 0.00417. The van der Waals surface area contributed by atoms with Gasteiger partial charge in [-0.3, -0.25) is 4.79 Å². The van der Waals surface area contributed by atoms with Crippen LogP contribution >= 0.6 is 11.8 Å². The summed E-state index contributed by atoms with van der Waals surface area (Å²) in [5.41, 5.74) is -4.33. The number of urea groups is 1. The molecule has 0 saturated carbocycles. The molecule has 1 rings (SSSR count). The van der Waals surface area contributed by atoms with Crippen LogP contribution in [0.2, 0.25) is 0 Å². The molecule has 1 saturated heterocycles. The second-order valence-corrected chi connectivity index (χ2v) is 4.94. The molecule has 0 bridgehead atoms. The highest BCUT2D eigenvalue weighted by Gasteiger charge is 2.35. The lowest BCUT2D eigenvalue weighted by Gasteiger charge is -2.16. The van der Waals surface area contributed by atoms with Crippen molar-refractivity contribution >= 4 is 23.8 Å². The van der Waals surface area contributed by atoms with Crippen LogP contribution in [0.25, 0.3) is 0 Å². The monoisotopic (exact) mass is 302 g/mol. The molecule has 0 radical (unpaired) electrons. The molecule has 1 aliphatic heterocycles. The fraction of sp³-hybridized carbons (Fsp3) is 0.778. The molecule has 1 fully saturated rings. The third-order valence-corrected chi connectivity index (χ3v) is 3.10. The van der Waals surface area contributed by atoms with Crippen LogP contribution in [-0.2, 0) is 9.53 Å². The maximum absolute atomic E-state index is 11.8. The number of carbonyl (C=O) groups is 2. The van der Waals surface area contributed by atoms with Gasteiger partial charge in [-0.25, -0.2) is 4.79 Å². The molecule has 6 nitrogen and oxygen atoms in total. The number of carboxylic acid groups (broad SMARTS) is 1. The topological polar surface area (TPSA) is 87.7 Å². The fourth-order valence-corrected chi connectivity index (χ4v) is 1.93. The number of carboxylic acids is 1. The number of nitrogens with one attached hydrogen (secondary N) is 2. The third kappa shape index (κ3) is 6.01. The fourth-order valence-electron chi connectivity index (χ4n) is 1.49. The minimum Gasteiger partial charge on any atom is -0.481 e. The minimum atomic E-state index is -4.33. The maximum Gasteiger partial charge on any atom is 0.441 e. The first kappa shape index (κ1) is 15.9. The summed E-state index contributed by atoms with van der Waals surface area (Å²) < 4.78 is 40.3. The van der Waals surface area contributed by atoms with Crippen molar-refractivity contribution in [1.82, 2.24) is 10.6 Å². The lowest BCUT2D eigenvalue weighted by Crippen LogP contribution is -2.47. The standard InChI is InChI=1S/C9H13F3N2O4S/c10-9(11,12)19-2-1-13-8(17)14-6-4-18-3-5(6)7(15)16/h5-6H,1-4H2,(H,15,16)(H2,13,14,17). The lowest BCUT2D eigenvalue weighted by molar-refractivity contribution is -0.142. The molecule has 2 unspecified atom stereocenters. The van der Waals surface area contributed by atoms with Crippen LogP contribution < -0.4 is 10.6 Å². The van der Waals surface area contributed by atoms with E-state index in [2.05, 4.69) is 10.6 Å². The predicted molar refractivity (Wildman–Crippen MR) is 60.8 cm³/mol. The average Bonchev–Trinajstić information content (AvgIpc) is 2.71. The third-order valence-electron chi connectivity index (χ3n) is 2.37. The van der Waals surface area contributed by atoms with Gasteiger partial charge in [-0.2, -0.15) is 13.2 Å². The number of hydrogen-bond acceptors (Lipinski definition) is 4. The van der Waals surface area contributed by atoms with Gasteiger partial charge in [-0.1, -0.05) is 0 Å². The molecule has 0 aliphatic carbocycles. The van der Waals surface area contributed by atoms with E-state index in [1.54, 1.807) is 0 Å². The van der Waals surface area contributed by atoms with E-state index in [0.29, 0.717) is 0 Å². The number of halogens is 3. The molecule has 19 heavy (non-hydrogen) atoms. The largest absolute Gasteiger partial charge is 0.481 e. The smallest absolute Gasteiger partial charge is 0.441 e. The molecule has 3 N–H and O–H groups in total. The molecule has 0 aromatic carbocycles. The number of thioether (sulfide) groups is 1. The first-order valence-corrected chi connectivity index (χ1v) is 6.34. The Morgan fingerprint density at radius 1 is 1.37 bits per heavy atom. The molecule has 110 valence electrons. The average molecular weight is 302 g/mol. The van der Waals surface area contributed by atoms with Gasteiger partial charge in [0.1, 0.15) is 5.92 Å². The van der Waals surface area contributed by atoms with Crippen LogP contribution in [0.3, 0.4) is 0 Å². The zero-order valence-electron chi connectivity index (χ0n) is 9.70. The van der Waals surface area contributed by atoms with E-state index in [1.807, 2.05) is 0 Å². The molecule has 1 aliphatic rings. The summed E-state index contributed by atoms with van der Waals surface area (Å²) in [6, 6.07) is -1.38. The van der Waals surface area contributed by atoms with Crippen LogP contribution in [0.4, 0.5) is 18.0 Å². The molecule has 10 heteroatoms. The summed E-state index contributed by atoms with van der Waals surface area (Å²) in [6.07, 6.45) is 0. The molecule has 2 atom stereocenters. The van der Waals surface area contributed by atoms with Gasteiger partial charge in [0.25, 0.3) is 0 Å². The van der Waals surface area contributed by atoms with Gasteiger partial charge < -0.3 is 20.5 Å². The highest BCUT2D eigenvalue weighted by molar-refractivity contribution is 8.00. The first-order chi connectivity index (χ1) is 8.79. The maximum atomic E-state index is 11.8. The zero-order chi connectivity index (χ0) is 14.5. The quantitative estimate of drug-likeness (QED) is 0.649. The van der Waals surface area contributed by atoms with E-state index in [0.717, 1.165) is 0 Å². The lowest BCUT2D eigenvalue weighted by atomic mass is 10.0. The second kappa shape index (κ2) is 6.85. The molecule has 1 heterocycles. The Morgan fingerprint density at radius 2 is 2.05 bits per heavy atom. The number of hydrogen-bond donors (Lipinski definition) is 3. The molecular formula is C9H13F3N2O4S. The molecule has 2 amide bonds. The van der Waals surface area contributed by atoms with Crippen LogP contribution in [0.15, 0.2) is 0 Å². The van der Waals surface area contributed by atoms with Gasteiger partial charge in [0.2, 0.25) is 0 Å². The normalized spacial score (nSPS) is 23.1. The van der Waals surface area contributed by atoms with Gasteiger partial charge in [-0.05, 0) is 11.8 Å². The number of amides is 2. The zero-order valence-corrected chi connectivity index (χ0v) is 10.5. The van der Waals surface area contributed by atoms with Crippen molar-refractivity contribution in [3.63, 3.8) is 0 Å².